The van der Waals surface area contributed by atoms with Crippen LogP contribution in [-0.4, -0.2) is 13.6 Å². The zero-order valence-electron chi connectivity index (χ0n) is 10.6. The number of halogens is 2. The molecule has 3 N–H and O–H groups in total. The summed E-state index contributed by atoms with van der Waals surface area (Å²) in [6.45, 7) is 4.33. The average Bonchev–Trinajstić information content (AvgIpc) is 2.31. The van der Waals surface area contributed by atoms with Gasteiger partial charge in [-0.1, -0.05) is 24.9 Å². The predicted molar refractivity (Wildman–Crippen MR) is 70.8 cm³/mol. The summed E-state index contributed by atoms with van der Waals surface area (Å²) in [7, 11) is 1.84. The SMILES string of the molecule is CCC(CN)C(NC)c1cc(F)c(C)cc1Cl. The van der Waals surface area contributed by atoms with Crippen LogP contribution in [0.25, 0.3) is 0 Å². The summed E-state index contributed by atoms with van der Waals surface area (Å²) < 4.78 is 13.6. The van der Waals surface area contributed by atoms with Crippen molar-refractivity contribution in [2.45, 2.75) is 26.3 Å². The van der Waals surface area contributed by atoms with Crippen LogP contribution >= 0.6 is 11.6 Å². The molecular weight excluding hydrogens is 239 g/mol. The van der Waals surface area contributed by atoms with E-state index < -0.39 is 0 Å². The molecule has 0 aliphatic heterocycles. The summed E-state index contributed by atoms with van der Waals surface area (Å²) in [6.07, 6.45) is 0.924. The van der Waals surface area contributed by atoms with Gasteiger partial charge >= 0.3 is 0 Å². The van der Waals surface area contributed by atoms with Crippen molar-refractivity contribution in [1.82, 2.24) is 5.32 Å². The largest absolute Gasteiger partial charge is 0.330 e. The van der Waals surface area contributed by atoms with Crippen molar-refractivity contribution in [2.75, 3.05) is 13.6 Å². The molecule has 2 atom stereocenters. The minimum atomic E-state index is -0.225. The second-order valence-electron chi connectivity index (χ2n) is 4.29. The molecule has 4 heteroatoms. The fourth-order valence-corrected chi connectivity index (χ4v) is 2.42. The van der Waals surface area contributed by atoms with E-state index in [-0.39, 0.29) is 17.8 Å². The van der Waals surface area contributed by atoms with Crippen molar-refractivity contribution in [3.05, 3.63) is 34.1 Å². The van der Waals surface area contributed by atoms with Crippen LogP contribution in [-0.2, 0) is 0 Å². The van der Waals surface area contributed by atoms with E-state index in [0.29, 0.717) is 17.1 Å². The van der Waals surface area contributed by atoms with E-state index in [0.717, 1.165) is 12.0 Å². The summed E-state index contributed by atoms with van der Waals surface area (Å²) in [6, 6.07) is 3.17. The molecule has 1 aromatic carbocycles. The molecule has 2 unspecified atom stereocenters. The van der Waals surface area contributed by atoms with Crippen LogP contribution in [0.4, 0.5) is 4.39 Å². The molecule has 0 saturated carbocycles. The van der Waals surface area contributed by atoms with E-state index in [1.54, 1.807) is 13.0 Å². The van der Waals surface area contributed by atoms with E-state index in [4.69, 9.17) is 17.3 Å². The normalized spacial score (nSPS) is 14.7. The molecule has 0 aromatic heterocycles. The Kier molecular flexibility index (Phi) is 5.37. The molecule has 0 spiro atoms. The molecule has 96 valence electrons. The van der Waals surface area contributed by atoms with Crippen molar-refractivity contribution in [3.8, 4) is 0 Å². The summed E-state index contributed by atoms with van der Waals surface area (Å²) >= 11 is 6.19. The topological polar surface area (TPSA) is 38.0 Å². The molecule has 0 fully saturated rings. The van der Waals surface area contributed by atoms with Crippen molar-refractivity contribution in [2.24, 2.45) is 11.7 Å². The van der Waals surface area contributed by atoms with Gasteiger partial charge in [-0.05, 0) is 49.7 Å². The van der Waals surface area contributed by atoms with Gasteiger partial charge in [-0.25, -0.2) is 4.39 Å². The van der Waals surface area contributed by atoms with Crippen molar-refractivity contribution in [1.29, 1.82) is 0 Å². The molecule has 2 nitrogen and oxygen atoms in total. The third-order valence-electron chi connectivity index (χ3n) is 3.22. The zero-order valence-corrected chi connectivity index (χ0v) is 11.3. The van der Waals surface area contributed by atoms with E-state index in [1.165, 1.54) is 6.07 Å². The zero-order chi connectivity index (χ0) is 13.0. The highest BCUT2D eigenvalue weighted by molar-refractivity contribution is 6.31. The molecule has 0 bridgehead atoms. The molecule has 17 heavy (non-hydrogen) atoms. The molecule has 0 aliphatic carbocycles. The highest BCUT2D eigenvalue weighted by atomic mass is 35.5. The lowest BCUT2D eigenvalue weighted by Crippen LogP contribution is -2.30. The van der Waals surface area contributed by atoms with Crippen LogP contribution in [0.5, 0.6) is 0 Å². The van der Waals surface area contributed by atoms with E-state index in [2.05, 4.69) is 12.2 Å². The maximum absolute atomic E-state index is 13.6. The predicted octanol–water partition coefficient (Wildman–Crippen LogP) is 3.03. The smallest absolute Gasteiger partial charge is 0.126 e. The third kappa shape index (κ3) is 3.18. The van der Waals surface area contributed by atoms with Gasteiger partial charge in [-0.15, -0.1) is 0 Å². The van der Waals surface area contributed by atoms with Gasteiger partial charge in [0, 0.05) is 11.1 Å². The van der Waals surface area contributed by atoms with Gasteiger partial charge in [0.15, 0.2) is 0 Å². The van der Waals surface area contributed by atoms with Crippen LogP contribution in [0.2, 0.25) is 5.02 Å². The van der Waals surface area contributed by atoms with Gasteiger partial charge in [0.05, 0.1) is 0 Å². The van der Waals surface area contributed by atoms with Crippen molar-refractivity contribution >= 4 is 11.6 Å². The lowest BCUT2D eigenvalue weighted by molar-refractivity contribution is 0.377. The molecule has 0 radical (unpaired) electrons. The number of benzene rings is 1. The monoisotopic (exact) mass is 258 g/mol. The molecular formula is C13H20ClFN2. The van der Waals surface area contributed by atoms with Gasteiger partial charge in [0.25, 0.3) is 0 Å². The minimum absolute atomic E-state index is 0.00685. The van der Waals surface area contributed by atoms with Crippen molar-refractivity contribution < 1.29 is 4.39 Å². The van der Waals surface area contributed by atoms with Crippen LogP contribution in [0.3, 0.4) is 0 Å². The van der Waals surface area contributed by atoms with Gasteiger partial charge in [-0.2, -0.15) is 0 Å². The van der Waals surface area contributed by atoms with Crippen LogP contribution in [0.15, 0.2) is 12.1 Å². The van der Waals surface area contributed by atoms with Gasteiger partial charge in [0.1, 0.15) is 5.82 Å². The highest BCUT2D eigenvalue weighted by Gasteiger charge is 2.22. The summed E-state index contributed by atoms with van der Waals surface area (Å²) in [4.78, 5) is 0. The number of aryl methyl sites for hydroxylation is 1. The standard InChI is InChI=1S/C13H20ClFN2/c1-4-9(7-16)13(17-3)10-6-12(15)8(2)5-11(10)14/h5-6,9,13,17H,4,7,16H2,1-3H3. The van der Waals surface area contributed by atoms with E-state index in [1.807, 2.05) is 7.05 Å². The maximum Gasteiger partial charge on any atom is 0.126 e. The number of hydrogen-bond acceptors (Lipinski definition) is 2. The first-order valence-electron chi connectivity index (χ1n) is 5.88. The Morgan fingerprint density at radius 1 is 1.47 bits per heavy atom. The van der Waals surface area contributed by atoms with Gasteiger partial charge < -0.3 is 11.1 Å². The fraction of sp³-hybridized carbons (Fsp3) is 0.538. The second kappa shape index (κ2) is 6.34. The maximum atomic E-state index is 13.6. The molecule has 1 rings (SSSR count). The Labute approximate surface area is 107 Å². The number of rotatable bonds is 5. The molecule has 0 heterocycles. The lowest BCUT2D eigenvalue weighted by atomic mass is 9.90. The first-order valence-corrected chi connectivity index (χ1v) is 6.25. The quantitative estimate of drug-likeness (QED) is 0.852. The minimum Gasteiger partial charge on any atom is -0.330 e. The Morgan fingerprint density at radius 3 is 2.59 bits per heavy atom. The van der Waals surface area contributed by atoms with Gasteiger partial charge in [0.2, 0.25) is 0 Å². The summed E-state index contributed by atoms with van der Waals surface area (Å²) in [5.74, 6) is 0.0242. The summed E-state index contributed by atoms with van der Waals surface area (Å²) in [5, 5.41) is 3.77. The number of hydrogen-bond donors (Lipinski definition) is 2. The molecule has 0 amide bonds. The second-order valence-corrected chi connectivity index (χ2v) is 4.70. The third-order valence-corrected chi connectivity index (χ3v) is 3.55. The average molecular weight is 259 g/mol. The van der Waals surface area contributed by atoms with Crippen molar-refractivity contribution in [3.63, 3.8) is 0 Å². The van der Waals surface area contributed by atoms with Crippen LogP contribution in [0, 0.1) is 18.7 Å². The van der Waals surface area contributed by atoms with Gasteiger partial charge in [-0.3, -0.25) is 0 Å². The Bertz CT molecular complexity index is 378. The first kappa shape index (κ1) is 14.4. The lowest BCUT2D eigenvalue weighted by Gasteiger charge is -2.26. The fourth-order valence-electron chi connectivity index (χ4n) is 2.08. The number of nitrogens with two attached hydrogens (primary N) is 1. The number of nitrogens with one attached hydrogen (secondary N) is 1. The highest BCUT2D eigenvalue weighted by Crippen LogP contribution is 2.31. The Hall–Kier alpha value is -0.640. The molecule has 1 aromatic rings. The first-order chi connectivity index (χ1) is 8.04. The van der Waals surface area contributed by atoms with E-state index >= 15 is 0 Å². The summed E-state index contributed by atoms with van der Waals surface area (Å²) in [5.41, 5.74) is 7.09. The molecule has 0 saturated heterocycles. The Balaban J connectivity index is 3.15. The van der Waals surface area contributed by atoms with Crippen LogP contribution in [0.1, 0.15) is 30.5 Å². The van der Waals surface area contributed by atoms with Crippen LogP contribution < -0.4 is 11.1 Å². The molecule has 0 aliphatic rings. The van der Waals surface area contributed by atoms with E-state index in [9.17, 15) is 4.39 Å². The Morgan fingerprint density at radius 2 is 2.12 bits per heavy atom.